The lowest BCUT2D eigenvalue weighted by Crippen LogP contribution is -2.22. The van der Waals surface area contributed by atoms with Crippen LogP contribution in [0.2, 0.25) is 0 Å². The van der Waals surface area contributed by atoms with E-state index in [1.165, 1.54) is 0 Å². The molecule has 3 aromatic rings. The first-order valence-electron chi connectivity index (χ1n) is 8.64. The summed E-state index contributed by atoms with van der Waals surface area (Å²) in [6.07, 6.45) is 5.67. The van der Waals surface area contributed by atoms with Crippen molar-refractivity contribution in [1.29, 1.82) is 0 Å². The number of benzene rings is 1. The van der Waals surface area contributed by atoms with Crippen molar-refractivity contribution in [2.24, 2.45) is 7.05 Å². The van der Waals surface area contributed by atoms with Crippen molar-refractivity contribution < 1.29 is 4.74 Å². The van der Waals surface area contributed by atoms with Gasteiger partial charge in [0.15, 0.2) is 0 Å². The number of hydrogen-bond donors (Lipinski definition) is 1. The Morgan fingerprint density at radius 3 is 2.77 bits per heavy atom. The zero-order valence-electron chi connectivity index (χ0n) is 15.5. The smallest absolute Gasteiger partial charge is 0.139 e. The van der Waals surface area contributed by atoms with Crippen molar-refractivity contribution in [2.75, 3.05) is 37.5 Å². The first-order chi connectivity index (χ1) is 12.7. The van der Waals surface area contributed by atoms with Gasteiger partial charge in [0.25, 0.3) is 0 Å². The van der Waals surface area contributed by atoms with Crippen LogP contribution in [0.25, 0.3) is 11.4 Å². The highest BCUT2D eigenvalue weighted by atomic mass is 16.5. The summed E-state index contributed by atoms with van der Waals surface area (Å²) in [6, 6.07) is 12.4. The molecule has 0 amide bonds. The van der Waals surface area contributed by atoms with Crippen molar-refractivity contribution in [3.8, 4) is 11.4 Å². The van der Waals surface area contributed by atoms with Crippen LogP contribution in [0, 0.1) is 0 Å². The first kappa shape index (κ1) is 17.9. The molecule has 0 bridgehead atoms. The van der Waals surface area contributed by atoms with E-state index in [4.69, 9.17) is 4.74 Å². The van der Waals surface area contributed by atoms with E-state index in [9.17, 15) is 0 Å². The van der Waals surface area contributed by atoms with E-state index in [1.807, 2.05) is 49.4 Å². The number of nitrogens with one attached hydrogen (secondary N) is 1. The summed E-state index contributed by atoms with van der Waals surface area (Å²) in [5.74, 6) is 1.90. The second-order valence-corrected chi connectivity index (χ2v) is 6.24. The number of likely N-dealkylation sites (N-methyl/N-ethyl adjacent to an activating group) is 1. The molecule has 1 aromatic carbocycles. The molecule has 6 heteroatoms. The minimum atomic E-state index is 0.688. The minimum Gasteiger partial charge on any atom is -0.383 e. The zero-order chi connectivity index (χ0) is 18.4. The summed E-state index contributed by atoms with van der Waals surface area (Å²) in [5.41, 5.74) is 3.29. The van der Waals surface area contributed by atoms with Gasteiger partial charge in [-0.15, -0.1) is 0 Å². The lowest BCUT2D eigenvalue weighted by Gasteiger charge is -2.17. The van der Waals surface area contributed by atoms with Crippen LogP contribution in [0.4, 0.5) is 11.5 Å². The van der Waals surface area contributed by atoms with Crippen LogP contribution >= 0.6 is 0 Å². The van der Waals surface area contributed by atoms with Gasteiger partial charge in [-0.05, 0) is 23.8 Å². The van der Waals surface area contributed by atoms with E-state index in [-0.39, 0.29) is 0 Å². The predicted octanol–water partition coefficient (Wildman–Crippen LogP) is 3.18. The van der Waals surface area contributed by atoms with Crippen LogP contribution in [0.15, 0.2) is 55.0 Å². The molecule has 0 aliphatic heterocycles. The molecule has 0 radical (unpaired) electrons. The second-order valence-electron chi connectivity index (χ2n) is 6.24. The Morgan fingerprint density at radius 2 is 2.08 bits per heavy atom. The van der Waals surface area contributed by atoms with E-state index in [1.54, 1.807) is 7.11 Å². The van der Waals surface area contributed by atoms with Crippen LogP contribution in [-0.4, -0.2) is 41.8 Å². The van der Waals surface area contributed by atoms with Crippen molar-refractivity contribution in [2.45, 2.75) is 6.54 Å². The number of imidazole rings is 1. The maximum Gasteiger partial charge on any atom is 0.139 e. The van der Waals surface area contributed by atoms with Gasteiger partial charge in [-0.2, -0.15) is 0 Å². The maximum absolute atomic E-state index is 5.10. The highest BCUT2D eigenvalue weighted by Crippen LogP contribution is 2.21. The molecule has 0 saturated heterocycles. The fourth-order valence-corrected chi connectivity index (χ4v) is 2.71. The van der Waals surface area contributed by atoms with Gasteiger partial charge in [-0.1, -0.05) is 18.2 Å². The van der Waals surface area contributed by atoms with Crippen LogP contribution in [-0.2, 0) is 18.3 Å². The van der Waals surface area contributed by atoms with Crippen molar-refractivity contribution in [1.82, 2.24) is 14.5 Å². The van der Waals surface area contributed by atoms with E-state index >= 15 is 0 Å². The summed E-state index contributed by atoms with van der Waals surface area (Å²) >= 11 is 0. The highest BCUT2D eigenvalue weighted by molar-refractivity contribution is 5.62. The predicted molar refractivity (Wildman–Crippen MR) is 105 cm³/mol. The average Bonchev–Trinajstić information content (AvgIpc) is 3.11. The lowest BCUT2D eigenvalue weighted by atomic mass is 10.2. The SMILES string of the molecule is COCCN(C)c1ccc(CNc2cccc(-c3nccn3C)c2)cn1. The third kappa shape index (κ3) is 4.40. The van der Waals surface area contributed by atoms with E-state index < -0.39 is 0 Å². The monoisotopic (exact) mass is 351 g/mol. The molecule has 0 aliphatic carbocycles. The van der Waals surface area contributed by atoms with Crippen molar-refractivity contribution >= 4 is 11.5 Å². The largest absolute Gasteiger partial charge is 0.383 e. The van der Waals surface area contributed by atoms with Crippen LogP contribution in [0.5, 0.6) is 0 Å². The molecule has 0 saturated carbocycles. The van der Waals surface area contributed by atoms with Crippen LogP contribution < -0.4 is 10.2 Å². The fraction of sp³-hybridized carbons (Fsp3) is 0.300. The molecule has 0 spiro atoms. The fourth-order valence-electron chi connectivity index (χ4n) is 2.71. The zero-order valence-corrected chi connectivity index (χ0v) is 15.5. The lowest BCUT2D eigenvalue weighted by molar-refractivity contribution is 0.206. The summed E-state index contributed by atoms with van der Waals surface area (Å²) in [5, 5.41) is 3.46. The molecule has 136 valence electrons. The molecule has 2 heterocycles. The molecule has 0 atom stereocenters. The van der Waals surface area contributed by atoms with Gasteiger partial charge < -0.3 is 19.5 Å². The minimum absolute atomic E-state index is 0.688. The molecule has 3 rings (SSSR count). The molecule has 6 nitrogen and oxygen atoms in total. The van der Waals surface area contributed by atoms with Crippen molar-refractivity contribution in [3.63, 3.8) is 0 Å². The number of nitrogens with zero attached hydrogens (tertiary/aromatic N) is 4. The number of aryl methyl sites for hydroxylation is 1. The Balaban J connectivity index is 1.62. The van der Waals surface area contributed by atoms with Gasteiger partial charge >= 0.3 is 0 Å². The van der Waals surface area contributed by atoms with Crippen molar-refractivity contribution in [3.05, 3.63) is 60.6 Å². The van der Waals surface area contributed by atoms with Gasteiger partial charge in [-0.3, -0.25) is 0 Å². The van der Waals surface area contributed by atoms with E-state index in [0.717, 1.165) is 41.5 Å². The number of hydrogen-bond acceptors (Lipinski definition) is 5. The third-order valence-electron chi connectivity index (χ3n) is 4.27. The topological polar surface area (TPSA) is 55.2 Å². The number of anilines is 2. The third-order valence-corrected chi connectivity index (χ3v) is 4.27. The Kier molecular flexibility index (Phi) is 5.86. The molecule has 26 heavy (non-hydrogen) atoms. The van der Waals surface area contributed by atoms with Gasteiger partial charge in [0.05, 0.1) is 6.61 Å². The summed E-state index contributed by atoms with van der Waals surface area (Å²) < 4.78 is 7.12. The van der Waals surface area contributed by atoms with Crippen LogP contribution in [0.3, 0.4) is 0 Å². The number of pyridine rings is 1. The quantitative estimate of drug-likeness (QED) is 0.675. The normalized spacial score (nSPS) is 10.7. The van der Waals surface area contributed by atoms with E-state index in [2.05, 4.69) is 44.5 Å². The summed E-state index contributed by atoms with van der Waals surface area (Å²) in [6.45, 7) is 2.23. The summed E-state index contributed by atoms with van der Waals surface area (Å²) in [7, 11) is 5.72. The van der Waals surface area contributed by atoms with Gasteiger partial charge in [0.2, 0.25) is 0 Å². The van der Waals surface area contributed by atoms with Gasteiger partial charge in [0.1, 0.15) is 11.6 Å². The van der Waals surface area contributed by atoms with Gasteiger partial charge in [-0.25, -0.2) is 9.97 Å². The molecule has 0 aliphatic rings. The number of ether oxygens (including phenoxy) is 1. The molecular formula is C20H25N5O. The molecular weight excluding hydrogens is 326 g/mol. The Morgan fingerprint density at radius 1 is 1.19 bits per heavy atom. The number of rotatable bonds is 8. The Hall–Kier alpha value is -2.86. The average molecular weight is 351 g/mol. The Bertz CT molecular complexity index is 828. The summed E-state index contributed by atoms with van der Waals surface area (Å²) in [4.78, 5) is 11.0. The van der Waals surface area contributed by atoms with E-state index in [0.29, 0.717) is 6.61 Å². The number of aromatic nitrogens is 3. The first-order valence-corrected chi connectivity index (χ1v) is 8.64. The standard InChI is InChI=1S/C20H25N5O/c1-24(11-12-26-3)19-8-7-16(15-23-19)14-22-18-6-4-5-17(13-18)20-21-9-10-25(20)2/h4-10,13,15,22H,11-12,14H2,1-3H3. The van der Waals surface area contributed by atoms with Crippen LogP contribution in [0.1, 0.15) is 5.56 Å². The highest BCUT2D eigenvalue weighted by Gasteiger charge is 2.05. The molecule has 0 fully saturated rings. The maximum atomic E-state index is 5.10. The second kappa shape index (κ2) is 8.49. The number of methoxy groups -OCH3 is 1. The molecule has 0 unspecified atom stereocenters. The van der Waals surface area contributed by atoms with Gasteiger partial charge in [0, 0.05) is 64.1 Å². The Labute approximate surface area is 154 Å². The molecule has 2 aromatic heterocycles. The molecule has 1 N–H and O–H groups in total.